The number of aromatic carboxylic acids is 1. The van der Waals surface area contributed by atoms with Crippen LogP contribution in [0.3, 0.4) is 0 Å². The second-order valence-electron chi connectivity index (χ2n) is 3.29. The molecule has 2 aromatic rings. The Morgan fingerprint density at radius 2 is 1.61 bits per heavy atom. The van der Waals surface area contributed by atoms with Crippen LogP contribution in [-0.4, -0.2) is 11.1 Å². The molecule has 0 saturated heterocycles. The normalized spacial score (nSPS) is 8.67. The lowest BCUT2D eigenvalue weighted by molar-refractivity contribution is 0.0697. The molecular weight excluding hydrogens is 233 g/mol. The van der Waals surface area contributed by atoms with Crippen molar-refractivity contribution in [1.29, 1.82) is 5.26 Å². The summed E-state index contributed by atoms with van der Waals surface area (Å²) in [7, 11) is 0. The Balaban J connectivity index is 0.000000180. The topological polar surface area (TPSA) is 61.1 Å². The summed E-state index contributed by atoms with van der Waals surface area (Å²) >= 11 is 0. The van der Waals surface area contributed by atoms with Crippen LogP contribution in [0, 0.1) is 17.1 Å². The molecule has 0 spiro atoms. The van der Waals surface area contributed by atoms with E-state index in [2.05, 4.69) is 0 Å². The third-order valence-corrected chi connectivity index (χ3v) is 1.99. The van der Waals surface area contributed by atoms with Gasteiger partial charge in [-0.2, -0.15) is 5.26 Å². The molecule has 3 nitrogen and oxygen atoms in total. The minimum Gasteiger partial charge on any atom is -0.478 e. The maximum Gasteiger partial charge on any atom is 0.335 e. The van der Waals surface area contributed by atoms with E-state index in [1.54, 1.807) is 30.3 Å². The van der Waals surface area contributed by atoms with Crippen LogP contribution in [0.2, 0.25) is 0 Å². The van der Waals surface area contributed by atoms with E-state index in [1.165, 1.54) is 24.3 Å². The van der Waals surface area contributed by atoms with Crippen LogP contribution in [0.4, 0.5) is 4.39 Å². The van der Waals surface area contributed by atoms with Crippen LogP contribution in [0.25, 0.3) is 0 Å². The maximum atomic E-state index is 12.1. The first-order chi connectivity index (χ1) is 8.63. The molecule has 90 valence electrons. The fraction of sp³-hybridized carbons (Fsp3) is 0. The van der Waals surface area contributed by atoms with Crippen molar-refractivity contribution in [2.24, 2.45) is 0 Å². The van der Waals surface area contributed by atoms with Gasteiger partial charge in [-0.3, -0.25) is 0 Å². The highest BCUT2D eigenvalue weighted by atomic mass is 19.1. The van der Waals surface area contributed by atoms with Gasteiger partial charge in [-0.1, -0.05) is 18.2 Å². The molecule has 1 N–H and O–H groups in total. The van der Waals surface area contributed by atoms with Crippen molar-refractivity contribution >= 4 is 5.97 Å². The average molecular weight is 243 g/mol. The molecule has 0 radical (unpaired) electrons. The van der Waals surface area contributed by atoms with Gasteiger partial charge in [0.2, 0.25) is 0 Å². The highest BCUT2D eigenvalue weighted by Crippen LogP contribution is 1.99. The van der Waals surface area contributed by atoms with Crippen molar-refractivity contribution in [2.45, 2.75) is 0 Å². The van der Waals surface area contributed by atoms with Crippen molar-refractivity contribution in [3.8, 4) is 6.07 Å². The second-order valence-corrected chi connectivity index (χ2v) is 3.29. The number of carboxylic acids is 1. The Morgan fingerprint density at radius 3 is 2.00 bits per heavy atom. The second kappa shape index (κ2) is 6.81. The average Bonchev–Trinajstić information content (AvgIpc) is 2.41. The third kappa shape index (κ3) is 4.45. The molecule has 0 aliphatic heterocycles. The first-order valence-electron chi connectivity index (χ1n) is 5.07. The van der Waals surface area contributed by atoms with Crippen LogP contribution < -0.4 is 0 Å². The molecule has 18 heavy (non-hydrogen) atoms. The monoisotopic (exact) mass is 243 g/mol. The maximum absolute atomic E-state index is 12.1. The Morgan fingerprint density at radius 1 is 1.06 bits per heavy atom. The summed E-state index contributed by atoms with van der Waals surface area (Å²) in [5.74, 6) is -1.19. The van der Waals surface area contributed by atoms with Crippen LogP contribution >= 0.6 is 0 Å². The van der Waals surface area contributed by atoms with Gasteiger partial charge in [-0.15, -0.1) is 0 Å². The van der Waals surface area contributed by atoms with Gasteiger partial charge < -0.3 is 5.11 Å². The molecule has 0 atom stereocenters. The number of carboxylic acid groups (broad SMARTS) is 1. The van der Waals surface area contributed by atoms with Gasteiger partial charge in [-0.05, 0) is 36.4 Å². The van der Waals surface area contributed by atoms with Crippen LogP contribution in [0.15, 0.2) is 54.6 Å². The molecule has 0 fully saturated rings. The lowest BCUT2D eigenvalue weighted by Crippen LogP contribution is -1.93. The summed E-state index contributed by atoms with van der Waals surface area (Å²) in [5.41, 5.74) is 0.814. The highest BCUT2D eigenvalue weighted by Gasteiger charge is 1.96. The van der Waals surface area contributed by atoms with E-state index in [4.69, 9.17) is 10.4 Å². The smallest absolute Gasteiger partial charge is 0.335 e. The van der Waals surface area contributed by atoms with E-state index in [1.807, 2.05) is 6.07 Å². The Bertz CT molecular complexity index is 544. The van der Waals surface area contributed by atoms with Crippen molar-refractivity contribution < 1.29 is 14.3 Å². The predicted molar refractivity (Wildman–Crippen MR) is 64.5 cm³/mol. The minimum atomic E-state index is -0.879. The van der Waals surface area contributed by atoms with Crippen molar-refractivity contribution in [3.05, 3.63) is 71.5 Å². The quantitative estimate of drug-likeness (QED) is 0.837. The summed E-state index contributed by atoms with van der Waals surface area (Å²) in [6.45, 7) is 0. The van der Waals surface area contributed by atoms with E-state index in [9.17, 15) is 9.18 Å². The number of rotatable bonds is 1. The molecule has 4 heteroatoms. The first-order valence-corrected chi connectivity index (χ1v) is 5.07. The largest absolute Gasteiger partial charge is 0.478 e. The Kier molecular flexibility index (Phi) is 5.07. The fourth-order valence-electron chi connectivity index (χ4n) is 1.11. The Labute approximate surface area is 104 Å². The van der Waals surface area contributed by atoms with E-state index >= 15 is 0 Å². The summed E-state index contributed by atoms with van der Waals surface area (Å²) in [6, 6.07) is 15.6. The zero-order valence-corrected chi connectivity index (χ0v) is 9.38. The molecule has 2 rings (SSSR count). The summed E-state index contributed by atoms with van der Waals surface area (Å²) in [5, 5.41) is 16.6. The molecule has 0 aliphatic carbocycles. The summed E-state index contributed by atoms with van der Waals surface area (Å²) in [6.07, 6.45) is 0. The van der Waals surface area contributed by atoms with Gasteiger partial charge >= 0.3 is 5.97 Å². The lowest BCUT2D eigenvalue weighted by Gasteiger charge is -1.88. The molecule has 0 unspecified atom stereocenters. The molecule has 2 aromatic carbocycles. The molecule has 0 bridgehead atoms. The molecule has 0 saturated carbocycles. The van der Waals surface area contributed by atoms with Crippen molar-refractivity contribution in [2.75, 3.05) is 0 Å². The van der Waals surface area contributed by atoms with Gasteiger partial charge in [0.15, 0.2) is 0 Å². The number of benzene rings is 2. The fourth-order valence-corrected chi connectivity index (χ4v) is 1.11. The summed E-state index contributed by atoms with van der Waals surface area (Å²) in [4.78, 5) is 10.2. The van der Waals surface area contributed by atoms with Crippen molar-refractivity contribution in [3.63, 3.8) is 0 Å². The first kappa shape index (κ1) is 13.4. The van der Waals surface area contributed by atoms with Crippen LogP contribution in [0.5, 0.6) is 0 Å². The number of hydrogen-bond acceptors (Lipinski definition) is 2. The minimum absolute atomic E-state index is 0.311. The SMILES string of the molecule is N#Cc1ccc(F)cc1.O=C(O)c1ccccc1. The lowest BCUT2D eigenvalue weighted by atomic mass is 10.2. The molecule has 0 amide bonds. The zero-order valence-electron chi connectivity index (χ0n) is 9.38. The number of halogens is 1. The van der Waals surface area contributed by atoms with E-state index in [0.717, 1.165) is 0 Å². The van der Waals surface area contributed by atoms with Gasteiger partial charge in [0.25, 0.3) is 0 Å². The van der Waals surface area contributed by atoms with E-state index in [0.29, 0.717) is 11.1 Å². The molecule has 0 heterocycles. The number of hydrogen-bond donors (Lipinski definition) is 1. The molecular formula is C14H10FNO2. The van der Waals surface area contributed by atoms with Gasteiger partial charge in [0, 0.05) is 0 Å². The van der Waals surface area contributed by atoms with E-state index in [-0.39, 0.29) is 5.82 Å². The predicted octanol–water partition coefficient (Wildman–Crippen LogP) is 3.08. The van der Waals surface area contributed by atoms with Crippen LogP contribution in [-0.2, 0) is 0 Å². The number of nitrogens with zero attached hydrogens (tertiary/aromatic N) is 1. The zero-order chi connectivity index (χ0) is 13.4. The Hall–Kier alpha value is -2.67. The van der Waals surface area contributed by atoms with Gasteiger partial charge in [-0.25, -0.2) is 9.18 Å². The number of carbonyl (C=O) groups is 1. The third-order valence-electron chi connectivity index (χ3n) is 1.99. The standard InChI is InChI=1S/C7H4FN.C7H6O2/c8-7-3-1-6(5-9)2-4-7;8-7(9)6-4-2-1-3-5-6/h1-4H;1-5H,(H,8,9). The van der Waals surface area contributed by atoms with Crippen molar-refractivity contribution in [1.82, 2.24) is 0 Å². The van der Waals surface area contributed by atoms with Gasteiger partial charge in [0.1, 0.15) is 5.82 Å². The van der Waals surface area contributed by atoms with E-state index < -0.39 is 5.97 Å². The molecule has 0 aromatic heterocycles. The number of nitriles is 1. The van der Waals surface area contributed by atoms with Crippen LogP contribution in [0.1, 0.15) is 15.9 Å². The highest BCUT2D eigenvalue weighted by molar-refractivity contribution is 5.87. The van der Waals surface area contributed by atoms with Gasteiger partial charge in [0.05, 0.1) is 17.2 Å². The molecule has 0 aliphatic rings. The summed E-state index contributed by atoms with van der Waals surface area (Å²) < 4.78 is 12.1.